The van der Waals surface area contributed by atoms with Crippen molar-refractivity contribution >= 4 is 11.9 Å². The Kier molecular flexibility index (Phi) is 4.83. The number of carboxylic acid groups (broad SMARTS) is 1. The maximum Gasteiger partial charge on any atom is 0.311 e. The molecule has 1 aliphatic carbocycles. The summed E-state index contributed by atoms with van der Waals surface area (Å²) in [5.74, 6) is -0.916. The fraction of sp³-hybridized carbons (Fsp3) is 0.500. The maximum atomic E-state index is 11.9. The highest BCUT2D eigenvalue weighted by Crippen LogP contribution is 2.36. The van der Waals surface area contributed by atoms with Crippen molar-refractivity contribution in [2.45, 2.75) is 38.5 Å². The molecule has 0 unspecified atom stereocenters. The molecule has 5 nitrogen and oxygen atoms in total. The summed E-state index contributed by atoms with van der Waals surface area (Å²) in [6, 6.07) is 6.51. The summed E-state index contributed by atoms with van der Waals surface area (Å²) in [6.07, 6.45) is 4.24. The molecule has 0 aliphatic heterocycles. The quantitative estimate of drug-likeness (QED) is 0.775. The van der Waals surface area contributed by atoms with E-state index in [1.165, 1.54) is 6.07 Å². The van der Waals surface area contributed by atoms with Crippen LogP contribution in [-0.4, -0.2) is 28.6 Å². The van der Waals surface area contributed by atoms with Crippen molar-refractivity contribution in [2.24, 2.45) is 5.41 Å². The molecule has 0 radical (unpaired) electrons. The SMILES string of the molecule is O=C(Cc1cccc(O)c1)NCC1(C(=O)O)CCCCC1. The monoisotopic (exact) mass is 291 g/mol. The highest BCUT2D eigenvalue weighted by molar-refractivity contribution is 5.80. The van der Waals surface area contributed by atoms with Gasteiger partial charge in [0.15, 0.2) is 0 Å². The lowest BCUT2D eigenvalue weighted by molar-refractivity contribution is -0.151. The Balaban J connectivity index is 1.91. The summed E-state index contributed by atoms with van der Waals surface area (Å²) < 4.78 is 0. The van der Waals surface area contributed by atoms with E-state index in [1.807, 2.05) is 0 Å². The molecule has 114 valence electrons. The number of rotatable bonds is 5. The van der Waals surface area contributed by atoms with Crippen LogP contribution in [0.2, 0.25) is 0 Å². The molecule has 1 fully saturated rings. The smallest absolute Gasteiger partial charge is 0.311 e. The number of carboxylic acids is 1. The van der Waals surface area contributed by atoms with Crippen LogP contribution in [0.3, 0.4) is 0 Å². The second kappa shape index (κ2) is 6.61. The number of aromatic hydroxyl groups is 1. The number of aliphatic carboxylic acids is 1. The topological polar surface area (TPSA) is 86.6 Å². The second-order valence-electron chi connectivity index (χ2n) is 5.77. The maximum absolute atomic E-state index is 11.9. The third kappa shape index (κ3) is 3.97. The molecule has 1 saturated carbocycles. The fourth-order valence-electron chi connectivity index (χ4n) is 2.88. The number of nitrogens with one attached hydrogen (secondary N) is 1. The molecule has 0 aromatic heterocycles. The minimum absolute atomic E-state index is 0.120. The molecule has 0 saturated heterocycles. The highest BCUT2D eigenvalue weighted by Gasteiger charge is 2.39. The molecule has 1 amide bonds. The average Bonchev–Trinajstić information content (AvgIpc) is 2.46. The molecule has 0 bridgehead atoms. The number of carbonyl (C=O) groups is 2. The molecule has 2 rings (SSSR count). The summed E-state index contributed by atoms with van der Waals surface area (Å²) in [5, 5.41) is 21.5. The van der Waals surface area contributed by atoms with E-state index in [2.05, 4.69) is 5.32 Å². The molecule has 3 N–H and O–H groups in total. The van der Waals surface area contributed by atoms with E-state index in [9.17, 15) is 19.8 Å². The van der Waals surface area contributed by atoms with E-state index in [0.717, 1.165) is 19.3 Å². The van der Waals surface area contributed by atoms with Gasteiger partial charge in [0, 0.05) is 6.54 Å². The number of amides is 1. The molecule has 0 spiro atoms. The third-order valence-corrected chi connectivity index (χ3v) is 4.16. The molecule has 1 aromatic rings. The van der Waals surface area contributed by atoms with E-state index in [-0.39, 0.29) is 24.6 Å². The van der Waals surface area contributed by atoms with Crippen LogP contribution in [-0.2, 0) is 16.0 Å². The fourth-order valence-corrected chi connectivity index (χ4v) is 2.88. The molecule has 21 heavy (non-hydrogen) atoms. The first-order valence-electron chi connectivity index (χ1n) is 7.30. The Morgan fingerprint density at radius 1 is 1.19 bits per heavy atom. The lowest BCUT2D eigenvalue weighted by atomic mass is 9.74. The van der Waals surface area contributed by atoms with Crippen LogP contribution in [0.25, 0.3) is 0 Å². The van der Waals surface area contributed by atoms with Gasteiger partial charge in [0.05, 0.1) is 11.8 Å². The minimum Gasteiger partial charge on any atom is -0.508 e. The number of hydrogen-bond donors (Lipinski definition) is 3. The van der Waals surface area contributed by atoms with Crippen LogP contribution in [0.5, 0.6) is 5.75 Å². The van der Waals surface area contributed by atoms with Crippen molar-refractivity contribution in [1.82, 2.24) is 5.32 Å². The van der Waals surface area contributed by atoms with Gasteiger partial charge >= 0.3 is 5.97 Å². The predicted octanol–water partition coefficient (Wildman–Crippen LogP) is 2.09. The highest BCUT2D eigenvalue weighted by atomic mass is 16.4. The first-order valence-corrected chi connectivity index (χ1v) is 7.30. The Bertz CT molecular complexity index is 521. The van der Waals surface area contributed by atoms with E-state index in [4.69, 9.17) is 0 Å². The van der Waals surface area contributed by atoms with Crippen molar-refractivity contribution in [3.63, 3.8) is 0 Å². The molecular weight excluding hydrogens is 270 g/mol. The van der Waals surface area contributed by atoms with E-state index < -0.39 is 11.4 Å². The molecular formula is C16H21NO4. The van der Waals surface area contributed by atoms with Gasteiger partial charge in [-0.15, -0.1) is 0 Å². The Morgan fingerprint density at radius 3 is 2.52 bits per heavy atom. The van der Waals surface area contributed by atoms with E-state index in [1.54, 1.807) is 18.2 Å². The van der Waals surface area contributed by atoms with Crippen LogP contribution in [0, 0.1) is 5.41 Å². The molecule has 0 heterocycles. The van der Waals surface area contributed by atoms with Gasteiger partial charge in [-0.05, 0) is 30.5 Å². The van der Waals surface area contributed by atoms with Crippen LogP contribution >= 0.6 is 0 Å². The molecule has 5 heteroatoms. The standard InChI is InChI=1S/C16H21NO4/c18-13-6-4-5-12(9-13)10-14(19)17-11-16(15(20)21)7-2-1-3-8-16/h4-6,9,18H,1-3,7-8,10-11H2,(H,17,19)(H,20,21). The van der Waals surface area contributed by atoms with Crippen molar-refractivity contribution in [3.8, 4) is 5.75 Å². The van der Waals surface area contributed by atoms with Crippen molar-refractivity contribution in [3.05, 3.63) is 29.8 Å². The zero-order chi connectivity index (χ0) is 15.3. The minimum atomic E-state index is -0.820. The van der Waals surface area contributed by atoms with Gasteiger partial charge in [-0.1, -0.05) is 31.4 Å². The Hall–Kier alpha value is -2.04. The first-order chi connectivity index (χ1) is 10.0. The molecule has 1 aliphatic rings. The summed E-state index contributed by atoms with van der Waals surface area (Å²) in [4.78, 5) is 23.5. The van der Waals surface area contributed by atoms with Gasteiger partial charge in [-0.3, -0.25) is 9.59 Å². The van der Waals surface area contributed by atoms with Gasteiger partial charge < -0.3 is 15.5 Å². The zero-order valence-electron chi connectivity index (χ0n) is 12.0. The van der Waals surface area contributed by atoms with Crippen molar-refractivity contribution < 1.29 is 19.8 Å². The van der Waals surface area contributed by atoms with Gasteiger partial charge in [-0.2, -0.15) is 0 Å². The molecule has 0 atom stereocenters. The van der Waals surface area contributed by atoms with Crippen molar-refractivity contribution in [1.29, 1.82) is 0 Å². The van der Waals surface area contributed by atoms with Gasteiger partial charge in [0.2, 0.25) is 5.91 Å². The number of hydrogen-bond acceptors (Lipinski definition) is 3. The van der Waals surface area contributed by atoms with Gasteiger partial charge in [-0.25, -0.2) is 0 Å². The van der Waals surface area contributed by atoms with E-state index in [0.29, 0.717) is 18.4 Å². The summed E-state index contributed by atoms with van der Waals surface area (Å²) in [5.41, 5.74) is -0.104. The van der Waals surface area contributed by atoms with Gasteiger partial charge in [0.25, 0.3) is 0 Å². The lowest BCUT2D eigenvalue weighted by Crippen LogP contribution is -2.44. The second-order valence-corrected chi connectivity index (χ2v) is 5.77. The summed E-state index contributed by atoms with van der Waals surface area (Å²) in [7, 11) is 0. The lowest BCUT2D eigenvalue weighted by Gasteiger charge is -2.33. The number of carbonyl (C=O) groups excluding carboxylic acids is 1. The third-order valence-electron chi connectivity index (χ3n) is 4.16. The number of phenolic OH excluding ortho intramolecular Hbond substituents is 1. The zero-order valence-corrected chi connectivity index (χ0v) is 12.0. The van der Waals surface area contributed by atoms with Crippen LogP contribution in [0.15, 0.2) is 24.3 Å². The summed E-state index contributed by atoms with van der Waals surface area (Å²) >= 11 is 0. The largest absolute Gasteiger partial charge is 0.508 e. The number of phenols is 1. The normalized spacial score (nSPS) is 17.1. The predicted molar refractivity (Wildman–Crippen MR) is 78.0 cm³/mol. The van der Waals surface area contributed by atoms with Crippen LogP contribution in [0.4, 0.5) is 0 Å². The summed E-state index contributed by atoms with van der Waals surface area (Å²) in [6.45, 7) is 0.181. The van der Waals surface area contributed by atoms with Gasteiger partial charge in [0.1, 0.15) is 5.75 Å². The Morgan fingerprint density at radius 2 is 1.90 bits per heavy atom. The Labute approximate surface area is 124 Å². The molecule has 1 aromatic carbocycles. The number of benzene rings is 1. The van der Waals surface area contributed by atoms with Crippen LogP contribution < -0.4 is 5.32 Å². The average molecular weight is 291 g/mol. The van der Waals surface area contributed by atoms with Crippen molar-refractivity contribution in [2.75, 3.05) is 6.54 Å². The van der Waals surface area contributed by atoms with Crippen LogP contribution in [0.1, 0.15) is 37.7 Å². The van der Waals surface area contributed by atoms with E-state index >= 15 is 0 Å². The first kappa shape index (κ1) is 15.4.